The molecule has 0 radical (unpaired) electrons. The topological polar surface area (TPSA) is 94.8 Å². The summed E-state index contributed by atoms with van der Waals surface area (Å²) in [6.07, 6.45) is 5.16. The van der Waals surface area contributed by atoms with Crippen LogP contribution in [0.5, 0.6) is 11.5 Å². The fourth-order valence-electron chi connectivity index (χ4n) is 4.50. The number of amides is 1. The van der Waals surface area contributed by atoms with Gasteiger partial charge in [-0.05, 0) is 54.3 Å². The fraction of sp³-hybridized carbons (Fsp3) is 0.233. The second-order valence-corrected chi connectivity index (χ2v) is 9.11. The lowest BCUT2D eigenvalue weighted by Crippen LogP contribution is -2.38. The standard InChI is InChI=1S/C30H27NO6/c32-28(19-35-24-14-11-21(12-15-24)20-7-3-1-4-8-20)36-25-16-13-22-17-26(30(34)37-27(22)18-25)29(33)31-23-9-5-2-6-10-23/h1,3-4,7-8,11-18,23H,2,5-6,9-10,19H2,(H,31,33). The van der Waals surface area contributed by atoms with E-state index in [1.165, 1.54) is 18.6 Å². The molecule has 5 rings (SSSR count). The lowest BCUT2D eigenvalue weighted by Gasteiger charge is -2.22. The van der Waals surface area contributed by atoms with Crippen molar-refractivity contribution in [1.82, 2.24) is 5.32 Å². The van der Waals surface area contributed by atoms with Gasteiger partial charge in [-0.3, -0.25) is 4.79 Å². The van der Waals surface area contributed by atoms with Crippen molar-refractivity contribution in [1.29, 1.82) is 0 Å². The summed E-state index contributed by atoms with van der Waals surface area (Å²) < 4.78 is 16.3. The molecule has 4 aromatic rings. The Balaban J connectivity index is 1.19. The first kappa shape index (κ1) is 24.3. The van der Waals surface area contributed by atoms with Crippen LogP contribution >= 0.6 is 0 Å². The smallest absolute Gasteiger partial charge is 0.349 e. The van der Waals surface area contributed by atoms with Gasteiger partial charge in [-0.15, -0.1) is 0 Å². The Bertz CT molecular complexity index is 1450. The Morgan fingerprint density at radius 3 is 2.30 bits per heavy atom. The Morgan fingerprint density at radius 1 is 0.838 bits per heavy atom. The van der Waals surface area contributed by atoms with Gasteiger partial charge in [0.05, 0.1) is 0 Å². The van der Waals surface area contributed by atoms with Crippen molar-refractivity contribution in [3.63, 3.8) is 0 Å². The van der Waals surface area contributed by atoms with Gasteiger partial charge in [-0.2, -0.15) is 0 Å². The van der Waals surface area contributed by atoms with Crippen LogP contribution in [0, 0.1) is 0 Å². The molecule has 1 N–H and O–H groups in total. The lowest BCUT2D eigenvalue weighted by molar-refractivity contribution is -0.136. The van der Waals surface area contributed by atoms with Crippen molar-refractivity contribution in [3.8, 4) is 22.6 Å². The molecule has 3 aromatic carbocycles. The molecule has 0 atom stereocenters. The zero-order valence-corrected chi connectivity index (χ0v) is 20.3. The minimum Gasteiger partial charge on any atom is -0.482 e. The van der Waals surface area contributed by atoms with Gasteiger partial charge < -0.3 is 19.2 Å². The molecular formula is C30H27NO6. The molecular weight excluding hydrogens is 470 g/mol. The van der Waals surface area contributed by atoms with E-state index >= 15 is 0 Å². The molecule has 37 heavy (non-hydrogen) atoms. The van der Waals surface area contributed by atoms with Crippen LogP contribution in [0.4, 0.5) is 0 Å². The Kier molecular flexibility index (Phi) is 7.31. The molecule has 0 saturated heterocycles. The summed E-state index contributed by atoms with van der Waals surface area (Å²) in [5.41, 5.74) is 1.60. The second-order valence-electron chi connectivity index (χ2n) is 9.11. The van der Waals surface area contributed by atoms with E-state index in [0.717, 1.165) is 36.8 Å². The van der Waals surface area contributed by atoms with E-state index in [0.29, 0.717) is 11.1 Å². The van der Waals surface area contributed by atoms with Crippen LogP contribution in [-0.4, -0.2) is 24.5 Å². The average Bonchev–Trinajstić information content (AvgIpc) is 2.93. The zero-order chi connectivity index (χ0) is 25.6. The average molecular weight is 498 g/mol. The van der Waals surface area contributed by atoms with Gasteiger partial charge in [0.25, 0.3) is 5.91 Å². The van der Waals surface area contributed by atoms with Crippen molar-refractivity contribution < 1.29 is 23.5 Å². The van der Waals surface area contributed by atoms with Crippen LogP contribution in [0.2, 0.25) is 0 Å². The molecule has 1 aliphatic carbocycles. The molecule has 1 fully saturated rings. The number of carbonyl (C=O) groups excluding carboxylic acids is 2. The maximum atomic E-state index is 12.6. The van der Waals surface area contributed by atoms with Gasteiger partial charge >= 0.3 is 11.6 Å². The minimum absolute atomic E-state index is 0.0329. The molecule has 0 bridgehead atoms. The Morgan fingerprint density at radius 2 is 1.54 bits per heavy atom. The van der Waals surface area contributed by atoms with Gasteiger partial charge in [-0.1, -0.05) is 61.7 Å². The van der Waals surface area contributed by atoms with Crippen molar-refractivity contribution in [2.45, 2.75) is 38.1 Å². The number of esters is 1. The molecule has 188 valence electrons. The summed E-state index contributed by atoms with van der Waals surface area (Å²) in [5, 5.41) is 3.49. The largest absolute Gasteiger partial charge is 0.482 e. The third-order valence-corrected chi connectivity index (χ3v) is 6.44. The van der Waals surface area contributed by atoms with E-state index in [-0.39, 0.29) is 29.5 Å². The summed E-state index contributed by atoms with van der Waals surface area (Å²) in [5.74, 6) is -0.271. The number of fused-ring (bicyclic) bond motifs is 1. The van der Waals surface area contributed by atoms with Gasteiger partial charge in [0.2, 0.25) is 0 Å². The molecule has 1 aliphatic rings. The van der Waals surface area contributed by atoms with Crippen LogP contribution in [0.3, 0.4) is 0 Å². The molecule has 0 spiro atoms. The maximum Gasteiger partial charge on any atom is 0.349 e. The molecule has 1 aromatic heterocycles. The summed E-state index contributed by atoms with van der Waals surface area (Å²) in [7, 11) is 0. The predicted octanol–water partition coefficient (Wildman–Crippen LogP) is 5.51. The summed E-state index contributed by atoms with van der Waals surface area (Å²) in [6.45, 7) is -0.285. The number of nitrogens with one attached hydrogen (secondary N) is 1. The third-order valence-electron chi connectivity index (χ3n) is 6.44. The highest BCUT2D eigenvalue weighted by molar-refractivity contribution is 5.97. The summed E-state index contributed by atoms with van der Waals surface area (Å²) >= 11 is 0. The highest BCUT2D eigenvalue weighted by Gasteiger charge is 2.20. The van der Waals surface area contributed by atoms with Gasteiger partial charge in [0.15, 0.2) is 6.61 Å². The number of rotatable bonds is 7. The number of hydrogen-bond acceptors (Lipinski definition) is 6. The molecule has 1 amide bonds. The van der Waals surface area contributed by atoms with E-state index < -0.39 is 17.5 Å². The highest BCUT2D eigenvalue weighted by Crippen LogP contribution is 2.24. The maximum absolute atomic E-state index is 12.6. The SMILES string of the molecule is O=C(COc1ccc(-c2ccccc2)cc1)Oc1ccc2cc(C(=O)NC3CCCCC3)c(=O)oc2c1. The van der Waals surface area contributed by atoms with Crippen molar-refractivity contribution in [3.05, 3.63) is 94.8 Å². The van der Waals surface area contributed by atoms with E-state index in [1.807, 2.05) is 42.5 Å². The van der Waals surface area contributed by atoms with Crippen molar-refractivity contribution in [2.24, 2.45) is 0 Å². The van der Waals surface area contributed by atoms with Gasteiger partial charge in [0.1, 0.15) is 22.6 Å². The predicted molar refractivity (Wildman–Crippen MR) is 140 cm³/mol. The molecule has 7 nitrogen and oxygen atoms in total. The lowest BCUT2D eigenvalue weighted by atomic mass is 9.95. The van der Waals surface area contributed by atoms with E-state index in [2.05, 4.69) is 5.32 Å². The summed E-state index contributed by atoms with van der Waals surface area (Å²) in [6, 6.07) is 23.6. The molecule has 7 heteroatoms. The molecule has 0 aliphatic heterocycles. The quantitative estimate of drug-likeness (QED) is 0.206. The minimum atomic E-state index is -0.730. The normalized spacial score (nSPS) is 13.7. The fourth-order valence-corrected chi connectivity index (χ4v) is 4.50. The number of ether oxygens (including phenoxy) is 2. The monoisotopic (exact) mass is 497 g/mol. The summed E-state index contributed by atoms with van der Waals surface area (Å²) in [4.78, 5) is 37.4. The number of carbonyl (C=O) groups is 2. The zero-order valence-electron chi connectivity index (χ0n) is 20.3. The van der Waals surface area contributed by atoms with Crippen LogP contribution in [0.25, 0.3) is 22.1 Å². The van der Waals surface area contributed by atoms with Crippen LogP contribution < -0.4 is 20.4 Å². The second kappa shape index (κ2) is 11.1. The van der Waals surface area contributed by atoms with Gasteiger partial charge in [-0.25, -0.2) is 9.59 Å². The Hall–Kier alpha value is -4.39. The van der Waals surface area contributed by atoms with Gasteiger partial charge in [0, 0.05) is 17.5 Å². The third kappa shape index (κ3) is 6.06. The van der Waals surface area contributed by atoms with Crippen molar-refractivity contribution >= 4 is 22.8 Å². The van der Waals surface area contributed by atoms with E-state index in [4.69, 9.17) is 13.9 Å². The molecule has 1 saturated carbocycles. The highest BCUT2D eigenvalue weighted by atomic mass is 16.6. The van der Waals surface area contributed by atoms with Crippen LogP contribution in [0.1, 0.15) is 42.5 Å². The van der Waals surface area contributed by atoms with E-state index in [1.54, 1.807) is 24.3 Å². The Labute approximate surface area is 214 Å². The first-order chi connectivity index (χ1) is 18.0. The number of benzene rings is 3. The van der Waals surface area contributed by atoms with Crippen molar-refractivity contribution in [2.75, 3.05) is 6.61 Å². The first-order valence-corrected chi connectivity index (χ1v) is 12.4. The van der Waals surface area contributed by atoms with Crippen LogP contribution in [0.15, 0.2) is 88.1 Å². The van der Waals surface area contributed by atoms with Crippen LogP contribution in [-0.2, 0) is 4.79 Å². The molecule has 0 unspecified atom stereocenters. The van der Waals surface area contributed by atoms with E-state index in [9.17, 15) is 14.4 Å². The molecule has 1 heterocycles. The first-order valence-electron chi connectivity index (χ1n) is 12.4. The number of hydrogen-bond donors (Lipinski definition) is 1.